The highest BCUT2D eigenvalue weighted by Crippen LogP contribution is 2.18. The number of rotatable bonds is 3. The van der Waals surface area contributed by atoms with Crippen LogP contribution in [-0.2, 0) is 6.42 Å². The summed E-state index contributed by atoms with van der Waals surface area (Å²) in [6, 6.07) is 11.9. The monoisotopic (exact) mass is 321 g/mol. The van der Waals surface area contributed by atoms with Gasteiger partial charge in [0.25, 0.3) is 5.91 Å². The lowest BCUT2D eigenvalue weighted by atomic mass is 10.1. The van der Waals surface area contributed by atoms with Gasteiger partial charge in [-0.3, -0.25) is 4.79 Å². The fourth-order valence-electron chi connectivity index (χ4n) is 1.71. The number of amides is 1. The average molecular weight is 322 g/mol. The molecular weight excluding hydrogens is 309 g/mol. The second kappa shape index (κ2) is 5.97. The highest BCUT2D eigenvalue weighted by atomic mass is 79.9. The van der Waals surface area contributed by atoms with Gasteiger partial charge in [-0.15, -0.1) is 0 Å². The van der Waals surface area contributed by atoms with Crippen LogP contribution in [-0.4, -0.2) is 5.91 Å². The van der Waals surface area contributed by atoms with Gasteiger partial charge in [0, 0.05) is 11.3 Å². The number of carbonyl (C=O) groups excluding carboxylic acids is 1. The molecule has 0 radical (unpaired) electrons. The molecule has 0 spiro atoms. The van der Waals surface area contributed by atoms with Gasteiger partial charge in [0.15, 0.2) is 0 Å². The predicted octanol–water partition coefficient (Wildman–Crippen LogP) is 4.40. The summed E-state index contributed by atoms with van der Waals surface area (Å²) < 4.78 is 13.7. The molecule has 4 heteroatoms. The van der Waals surface area contributed by atoms with Crippen LogP contribution in [0.2, 0.25) is 0 Å². The zero-order valence-corrected chi connectivity index (χ0v) is 12.0. The van der Waals surface area contributed by atoms with E-state index in [9.17, 15) is 9.18 Å². The number of hydrogen-bond acceptors (Lipinski definition) is 1. The summed E-state index contributed by atoms with van der Waals surface area (Å²) in [6.45, 7) is 2.05. The number of aryl methyl sites for hydroxylation is 1. The van der Waals surface area contributed by atoms with Gasteiger partial charge in [0.2, 0.25) is 0 Å². The van der Waals surface area contributed by atoms with Crippen molar-refractivity contribution in [3.63, 3.8) is 0 Å². The zero-order valence-electron chi connectivity index (χ0n) is 10.4. The Morgan fingerprint density at radius 2 is 2.05 bits per heavy atom. The third-order valence-electron chi connectivity index (χ3n) is 2.77. The highest BCUT2D eigenvalue weighted by Gasteiger charge is 2.09. The SMILES string of the molecule is CCc1cccc(NC(=O)c2ccc(Br)c(F)c2)c1. The molecule has 2 nitrogen and oxygen atoms in total. The molecular formula is C15H13BrFNO. The van der Waals surface area contributed by atoms with E-state index in [0.29, 0.717) is 15.7 Å². The van der Waals surface area contributed by atoms with Crippen molar-refractivity contribution in [2.24, 2.45) is 0 Å². The van der Waals surface area contributed by atoms with Crippen molar-refractivity contribution < 1.29 is 9.18 Å². The number of hydrogen-bond donors (Lipinski definition) is 1. The predicted molar refractivity (Wildman–Crippen MR) is 77.9 cm³/mol. The van der Waals surface area contributed by atoms with Crippen LogP contribution in [0.4, 0.5) is 10.1 Å². The van der Waals surface area contributed by atoms with Crippen LogP contribution in [0.3, 0.4) is 0 Å². The molecule has 0 saturated carbocycles. The molecule has 0 fully saturated rings. The number of anilines is 1. The Bertz CT molecular complexity index is 613. The van der Waals surface area contributed by atoms with Gasteiger partial charge in [0.1, 0.15) is 5.82 Å². The Balaban J connectivity index is 2.18. The van der Waals surface area contributed by atoms with Crippen molar-refractivity contribution in [2.45, 2.75) is 13.3 Å². The molecule has 98 valence electrons. The molecule has 0 aliphatic carbocycles. The molecule has 0 atom stereocenters. The molecule has 0 bridgehead atoms. The van der Waals surface area contributed by atoms with E-state index < -0.39 is 5.82 Å². The molecule has 1 N–H and O–H groups in total. The molecule has 2 aromatic rings. The van der Waals surface area contributed by atoms with Crippen LogP contribution in [0.5, 0.6) is 0 Å². The van der Waals surface area contributed by atoms with E-state index in [1.54, 1.807) is 6.07 Å². The first-order chi connectivity index (χ1) is 9.10. The first kappa shape index (κ1) is 13.7. The van der Waals surface area contributed by atoms with Crippen LogP contribution in [0.25, 0.3) is 0 Å². The molecule has 19 heavy (non-hydrogen) atoms. The summed E-state index contributed by atoms with van der Waals surface area (Å²) in [7, 11) is 0. The van der Waals surface area contributed by atoms with Crippen molar-refractivity contribution in [3.8, 4) is 0 Å². The summed E-state index contributed by atoms with van der Waals surface area (Å²) in [5.74, 6) is -0.769. The average Bonchev–Trinajstić information content (AvgIpc) is 2.42. The van der Waals surface area contributed by atoms with Gasteiger partial charge in [-0.2, -0.15) is 0 Å². The quantitative estimate of drug-likeness (QED) is 0.891. The van der Waals surface area contributed by atoms with Crippen molar-refractivity contribution in [1.29, 1.82) is 0 Å². The minimum atomic E-state index is -0.449. The topological polar surface area (TPSA) is 29.1 Å². The fraction of sp³-hybridized carbons (Fsp3) is 0.133. The number of nitrogens with one attached hydrogen (secondary N) is 1. The van der Waals surface area contributed by atoms with Gasteiger partial charge in [0.05, 0.1) is 4.47 Å². The lowest BCUT2D eigenvalue weighted by molar-refractivity contribution is 0.102. The van der Waals surface area contributed by atoms with Crippen LogP contribution in [0.1, 0.15) is 22.8 Å². The lowest BCUT2D eigenvalue weighted by Crippen LogP contribution is -2.12. The van der Waals surface area contributed by atoms with E-state index in [4.69, 9.17) is 0 Å². The Morgan fingerprint density at radius 3 is 2.74 bits per heavy atom. The maximum absolute atomic E-state index is 13.4. The standard InChI is InChI=1S/C15H13BrFNO/c1-2-10-4-3-5-12(8-10)18-15(19)11-6-7-13(16)14(17)9-11/h3-9H,2H2,1H3,(H,18,19). The van der Waals surface area contributed by atoms with Gasteiger partial charge < -0.3 is 5.32 Å². The summed E-state index contributed by atoms with van der Waals surface area (Å²) in [6.07, 6.45) is 0.899. The molecule has 0 aliphatic heterocycles. The molecule has 0 aliphatic rings. The normalized spacial score (nSPS) is 10.3. The smallest absolute Gasteiger partial charge is 0.255 e. The summed E-state index contributed by atoms with van der Waals surface area (Å²) in [5.41, 5.74) is 2.15. The summed E-state index contributed by atoms with van der Waals surface area (Å²) in [5, 5.41) is 2.76. The zero-order chi connectivity index (χ0) is 13.8. The van der Waals surface area contributed by atoms with E-state index in [1.807, 2.05) is 31.2 Å². The van der Waals surface area contributed by atoms with E-state index in [1.165, 1.54) is 12.1 Å². The number of benzene rings is 2. The van der Waals surface area contributed by atoms with Crippen LogP contribution in [0.15, 0.2) is 46.9 Å². The van der Waals surface area contributed by atoms with E-state index in [2.05, 4.69) is 21.2 Å². The summed E-state index contributed by atoms with van der Waals surface area (Å²) in [4.78, 5) is 12.0. The Morgan fingerprint density at radius 1 is 1.26 bits per heavy atom. The van der Waals surface area contributed by atoms with E-state index in [-0.39, 0.29) is 5.91 Å². The summed E-state index contributed by atoms with van der Waals surface area (Å²) >= 11 is 3.06. The Kier molecular flexibility index (Phi) is 4.32. The second-order valence-corrected chi connectivity index (χ2v) is 4.99. The third kappa shape index (κ3) is 3.41. The van der Waals surface area contributed by atoms with E-state index in [0.717, 1.165) is 12.0 Å². The lowest BCUT2D eigenvalue weighted by Gasteiger charge is -2.07. The second-order valence-electron chi connectivity index (χ2n) is 4.14. The molecule has 0 saturated heterocycles. The first-order valence-corrected chi connectivity index (χ1v) is 6.75. The van der Waals surface area contributed by atoms with Gasteiger partial charge in [-0.1, -0.05) is 19.1 Å². The molecule has 2 rings (SSSR count). The number of halogens is 2. The Labute approximate surface area is 119 Å². The molecule has 0 unspecified atom stereocenters. The maximum atomic E-state index is 13.4. The fourth-order valence-corrected chi connectivity index (χ4v) is 1.96. The van der Waals surface area contributed by atoms with Crippen LogP contribution >= 0.6 is 15.9 Å². The van der Waals surface area contributed by atoms with Crippen molar-refractivity contribution in [2.75, 3.05) is 5.32 Å². The minimum absolute atomic E-state index is 0.294. The number of carbonyl (C=O) groups is 1. The van der Waals surface area contributed by atoms with Gasteiger partial charge >= 0.3 is 0 Å². The molecule has 0 aromatic heterocycles. The molecule has 0 heterocycles. The van der Waals surface area contributed by atoms with Gasteiger partial charge in [-0.05, 0) is 58.2 Å². The van der Waals surface area contributed by atoms with Gasteiger partial charge in [-0.25, -0.2) is 4.39 Å². The molecule has 1 amide bonds. The Hall–Kier alpha value is -1.68. The highest BCUT2D eigenvalue weighted by molar-refractivity contribution is 9.10. The maximum Gasteiger partial charge on any atom is 0.255 e. The minimum Gasteiger partial charge on any atom is -0.322 e. The largest absolute Gasteiger partial charge is 0.322 e. The van der Waals surface area contributed by atoms with Crippen molar-refractivity contribution in [1.82, 2.24) is 0 Å². The first-order valence-electron chi connectivity index (χ1n) is 5.95. The van der Waals surface area contributed by atoms with Crippen molar-refractivity contribution >= 4 is 27.5 Å². The molecule has 2 aromatic carbocycles. The van der Waals surface area contributed by atoms with E-state index >= 15 is 0 Å². The van der Waals surface area contributed by atoms with Crippen LogP contribution < -0.4 is 5.32 Å². The van der Waals surface area contributed by atoms with Crippen LogP contribution in [0, 0.1) is 5.82 Å². The third-order valence-corrected chi connectivity index (χ3v) is 3.42. The van der Waals surface area contributed by atoms with Crippen molar-refractivity contribution in [3.05, 3.63) is 63.9 Å².